The van der Waals surface area contributed by atoms with E-state index in [-0.39, 0.29) is 28.5 Å². The van der Waals surface area contributed by atoms with Crippen LogP contribution in [0.2, 0.25) is 0 Å². The first-order chi connectivity index (χ1) is 21.0. The lowest BCUT2D eigenvalue weighted by Crippen LogP contribution is -2.35. The normalized spacial score (nSPS) is 14.5. The molecule has 1 aliphatic rings. The largest absolute Gasteiger partial charge is 0.435 e. The van der Waals surface area contributed by atoms with Crippen molar-refractivity contribution in [1.82, 2.24) is 19.0 Å². The summed E-state index contributed by atoms with van der Waals surface area (Å²) in [7, 11) is -3.73. The highest BCUT2D eigenvalue weighted by Crippen LogP contribution is 2.38. The van der Waals surface area contributed by atoms with Crippen LogP contribution in [0, 0.1) is 0 Å². The molecule has 0 atom stereocenters. The van der Waals surface area contributed by atoms with Crippen molar-refractivity contribution >= 4 is 27.9 Å². The Morgan fingerprint density at radius 3 is 2.32 bits per heavy atom. The average molecular weight is 626 g/mol. The monoisotopic (exact) mass is 625 g/mol. The van der Waals surface area contributed by atoms with Gasteiger partial charge in [-0.25, -0.2) is 13.1 Å². The van der Waals surface area contributed by atoms with Crippen LogP contribution in [0.4, 0.5) is 18.9 Å². The molecule has 0 aliphatic carbocycles. The molecule has 0 bridgehead atoms. The fourth-order valence-corrected chi connectivity index (χ4v) is 6.95. The van der Waals surface area contributed by atoms with Gasteiger partial charge in [0.15, 0.2) is 5.69 Å². The van der Waals surface area contributed by atoms with Crippen molar-refractivity contribution < 1.29 is 31.2 Å². The number of sulfonamides is 1. The SMILES string of the molecule is CCN(CC)CCN1Cc2cccc(-c3ccc(NC(=O)c4cc(C(F)(F)F)nn4-c4ccc(C=O)cc4)cc3)c2S1(=O)=O. The van der Waals surface area contributed by atoms with Gasteiger partial charge in [0, 0.05) is 42.5 Å². The van der Waals surface area contributed by atoms with E-state index in [1.54, 1.807) is 42.5 Å². The summed E-state index contributed by atoms with van der Waals surface area (Å²) in [6.07, 6.45) is -4.20. The Morgan fingerprint density at radius 1 is 1.02 bits per heavy atom. The van der Waals surface area contributed by atoms with Gasteiger partial charge in [0.2, 0.25) is 10.0 Å². The average Bonchev–Trinajstić information content (AvgIpc) is 3.58. The van der Waals surface area contributed by atoms with Crippen molar-refractivity contribution in [3.8, 4) is 16.8 Å². The topological polar surface area (TPSA) is 105 Å². The van der Waals surface area contributed by atoms with E-state index in [0.717, 1.165) is 17.8 Å². The Kier molecular flexibility index (Phi) is 8.73. The van der Waals surface area contributed by atoms with Crippen molar-refractivity contribution in [3.63, 3.8) is 0 Å². The second-order valence-electron chi connectivity index (χ2n) is 10.2. The Labute approximate surface area is 253 Å². The molecule has 0 unspecified atom stereocenters. The molecule has 13 heteroatoms. The number of hydrogen-bond donors (Lipinski definition) is 1. The number of alkyl halides is 3. The molecule has 9 nitrogen and oxygen atoms in total. The summed E-state index contributed by atoms with van der Waals surface area (Å²) in [5, 5.41) is 6.18. The van der Waals surface area contributed by atoms with E-state index in [1.165, 1.54) is 28.6 Å². The number of amides is 1. The van der Waals surface area contributed by atoms with E-state index in [0.29, 0.717) is 47.7 Å². The van der Waals surface area contributed by atoms with Crippen molar-refractivity contribution in [3.05, 3.63) is 95.3 Å². The summed E-state index contributed by atoms with van der Waals surface area (Å²) in [6.45, 7) is 6.99. The summed E-state index contributed by atoms with van der Waals surface area (Å²) in [5.41, 5.74) is 0.983. The molecule has 2 heterocycles. The smallest absolute Gasteiger partial charge is 0.321 e. The Morgan fingerprint density at radius 2 is 1.70 bits per heavy atom. The highest BCUT2D eigenvalue weighted by molar-refractivity contribution is 7.89. The maximum atomic E-state index is 13.5. The lowest BCUT2D eigenvalue weighted by molar-refractivity contribution is -0.141. The van der Waals surface area contributed by atoms with Gasteiger partial charge in [0.05, 0.1) is 10.6 Å². The number of nitrogens with one attached hydrogen (secondary N) is 1. The van der Waals surface area contributed by atoms with Crippen LogP contribution in [-0.2, 0) is 22.7 Å². The Hall–Kier alpha value is -4.33. The number of carbonyl (C=O) groups is 2. The molecule has 0 spiro atoms. The zero-order valence-electron chi connectivity index (χ0n) is 24.0. The van der Waals surface area contributed by atoms with E-state index in [4.69, 9.17) is 0 Å². The number of aldehydes is 1. The van der Waals surface area contributed by atoms with Crippen LogP contribution in [0.3, 0.4) is 0 Å². The van der Waals surface area contributed by atoms with Gasteiger partial charge in [0.1, 0.15) is 12.0 Å². The second-order valence-corrected chi connectivity index (χ2v) is 12.1. The molecule has 44 heavy (non-hydrogen) atoms. The van der Waals surface area contributed by atoms with E-state index in [2.05, 4.69) is 15.3 Å². The van der Waals surface area contributed by atoms with Gasteiger partial charge in [-0.2, -0.15) is 22.6 Å². The molecule has 230 valence electrons. The highest BCUT2D eigenvalue weighted by atomic mass is 32.2. The third-order valence-corrected chi connectivity index (χ3v) is 9.55. The van der Waals surface area contributed by atoms with Crippen LogP contribution in [0.15, 0.2) is 77.7 Å². The van der Waals surface area contributed by atoms with Crippen LogP contribution in [-0.4, -0.2) is 65.8 Å². The van der Waals surface area contributed by atoms with Gasteiger partial charge >= 0.3 is 6.18 Å². The van der Waals surface area contributed by atoms with E-state index in [9.17, 15) is 31.2 Å². The molecule has 1 amide bonds. The minimum Gasteiger partial charge on any atom is -0.321 e. The number of likely N-dealkylation sites (N-methyl/N-ethyl adjacent to an activating group) is 1. The van der Waals surface area contributed by atoms with E-state index >= 15 is 0 Å². The molecular formula is C31H30F3N5O4S. The number of benzene rings is 3. The third kappa shape index (κ3) is 6.16. The summed E-state index contributed by atoms with van der Waals surface area (Å²) >= 11 is 0. The summed E-state index contributed by atoms with van der Waals surface area (Å²) in [4.78, 5) is 26.6. The van der Waals surface area contributed by atoms with Gasteiger partial charge in [-0.15, -0.1) is 0 Å². The molecule has 0 saturated heterocycles. The predicted octanol–water partition coefficient (Wildman–Crippen LogP) is 5.47. The molecule has 1 aliphatic heterocycles. The number of rotatable bonds is 10. The minimum absolute atomic E-state index is 0.164. The fraction of sp³-hybridized carbons (Fsp3) is 0.258. The van der Waals surface area contributed by atoms with Crippen LogP contribution >= 0.6 is 0 Å². The van der Waals surface area contributed by atoms with Gasteiger partial charge in [-0.3, -0.25) is 9.59 Å². The van der Waals surface area contributed by atoms with Crippen LogP contribution in [0.5, 0.6) is 0 Å². The van der Waals surface area contributed by atoms with Crippen LogP contribution in [0.25, 0.3) is 16.8 Å². The zero-order valence-corrected chi connectivity index (χ0v) is 24.8. The Bertz CT molecular complexity index is 1780. The molecule has 1 N–H and O–H groups in total. The molecule has 0 saturated carbocycles. The molecule has 3 aromatic carbocycles. The first-order valence-electron chi connectivity index (χ1n) is 13.9. The van der Waals surface area contributed by atoms with Crippen molar-refractivity contribution in [2.24, 2.45) is 0 Å². The maximum absolute atomic E-state index is 13.5. The lowest BCUT2D eigenvalue weighted by Gasteiger charge is -2.22. The van der Waals surface area contributed by atoms with Crippen molar-refractivity contribution in [1.29, 1.82) is 0 Å². The predicted molar refractivity (Wildman–Crippen MR) is 159 cm³/mol. The van der Waals surface area contributed by atoms with E-state index < -0.39 is 27.8 Å². The number of carbonyl (C=O) groups excluding carboxylic acids is 2. The van der Waals surface area contributed by atoms with Crippen LogP contribution < -0.4 is 5.32 Å². The zero-order chi connectivity index (χ0) is 31.6. The van der Waals surface area contributed by atoms with Gasteiger partial charge in [-0.1, -0.05) is 44.2 Å². The number of hydrogen-bond acceptors (Lipinski definition) is 6. The highest BCUT2D eigenvalue weighted by Gasteiger charge is 2.37. The van der Waals surface area contributed by atoms with Gasteiger partial charge < -0.3 is 10.2 Å². The van der Waals surface area contributed by atoms with Crippen LogP contribution in [0.1, 0.15) is 46.0 Å². The third-order valence-electron chi connectivity index (χ3n) is 7.56. The van der Waals surface area contributed by atoms with E-state index in [1.807, 2.05) is 13.8 Å². The molecule has 4 aromatic rings. The summed E-state index contributed by atoms with van der Waals surface area (Å²) in [5.74, 6) is -0.841. The molecule has 5 rings (SSSR count). The number of fused-ring (bicyclic) bond motifs is 1. The first kappa shape index (κ1) is 31.1. The molecule has 0 fully saturated rings. The first-order valence-corrected chi connectivity index (χ1v) is 15.4. The molecule has 0 radical (unpaired) electrons. The minimum atomic E-state index is -4.79. The number of aromatic nitrogens is 2. The molecular weight excluding hydrogens is 595 g/mol. The number of nitrogens with zero attached hydrogens (tertiary/aromatic N) is 4. The maximum Gasteiger partial charge on any atom is 0.435 e. The number of halogens is 3. The summed E-state index contributed by atoms with van der Waals surface area (Å²) < 4.78 is 69.9. The second kappa shape index (κ2) is 12.3. The van der Waals surface area contributed by atoms with Gasteiger partial charge in [0.25, 0.3) is 5.91 Å². The summed E-state index contributed by atoms with van der Waals surface area (Å²) in [6, 6.07) is 18.0. The Balaban J connectivity index is 1.39. The fourth-order valence-electron chi connectivity index (χ4n) is 5.14. The van der Waals surface area contributed by atoms with Crippen molar-refractivity contribution in [2.45, 2.75) is 31.5 Å². The number of anilines is 1. The van der Waals surface area contributed by atoms with Crippen molar-refractivity contribution in [2.75, 3.05) is 31.5 Å². The van der Waals surface area contributed by atoms with Gasteiger partial charge in [-0.05, 0) is 60.6 Å². The standard InChI is InChI=1S/C31H30F3N5O4S/c1-3-37(4-2)16-17-38-19-23-6-5-7-26(29(23)44(38,42)43)22-10-12-24(13-11-22)35-30(41)27-18-28(31(32,33)34)36-39(27)25-14-8-21(20-40)9-15-25/h5-15,18,20H,3-4,16-17,19H2,1-2H3,(H,35,41). The lowest BCUT2D eigenvalue weighted by atomic mass is 10.0. The quantitative estimate of drug-likeness (QED) is 0.235. The molecule has 1 aromatic heterocycles.